The van der Waals surface area contributed by atoms with Gasteiger partial charge in [0.15, 0.2) is 17.3 Å². The summed E-state index contributed by atoms with van der Waals surface area (Å²) in [5, 5.41) is 0.891. The van der Waals surface area contributed by atoms with Gasteiger partial charge in [-0.3, -0.25) is 4.79 Å². The van der Waals surface area contributed by atoms with Crippen LogP contribution in [-0.4, -0.2) is 24.0 Å². The van der Waals surface area contributed by atoms with Crippen LogP contribution in [0.25, 0.3) is 10.6 Å². The van der Waals surface area contributed by atoms with Gasteiger partial charge < -0.3 is 9.47 Å². The fraction of sp³-hybridized carbons (Fsp3) is 0.333. The van der Waals surface area contributed by atoms with Gasteiger partial charge in [0, 0.05) is 12.0 Å². The lowest BCUT2D eigenvalue weighted by atomic mass is 10.0. The molecule has 0 fully saturated rings. The van der Waals surface area contributed by atoms with Crippen molar-refractivity contribution < 1.29 is 14.3 Å². The first-order valence-electron chi connectivity index (χ1n) is 6.74. The number of Topliss-reactive ketones (excluding diaryl/α,β-unsaturated/α-hetero) is 1. The fourth-order valence-electron chi connectivity index (χ4n) is 2.57. The molecule has 2 aliphatic rings. The zero-order chi connectivity index (χ0) is 13.5. The molecular weight excluding hydrogens is 274 g/mol. The van der Waals surface area contributed by atoms with Crippen molar-refractivity contribution in [2.24, 2.45) is 0 Å². The SMILES string of the molecule is O=C1CCCc2nc(-c3ccc4c(c3)OCCO4)sc21. The van der Waals surface area contributed by atoms with E-state index in [4.69, 9.17) is 9.47 Å². The molecule has 1 aromatic carbocycles. The first kappa shape index (κ1) is 11.9. The number of hydrogen-bond donors (Lipinski definition) is 0. The molecule has 0 radical (unpaired) electrons. The van der Waals surface area contributed by atoms with Crippen molar-refractivity contribution in [1.29, 1.82) is 0 Å². The summed E-state index contributed by atoms with van der Waals surface area (Å²) in [4.78, 5) is 17.3. The molecule has 1 aliphatic carbocycles. The lowest BCUT2D eigenvalue weighted by Crippen LogP contribution is -2.15. The minimum absolute atomic E-state index is 0.229. The van der Waals surface area contributed by atoms with E-state index in [2.05, 4.69) is 4.98 Å². The Hall–Kier alpha value is -1.88. The molecule has 1 aliphatic heterocycles. The van der Waals surface area contributed by atoms with Gasteiger partial charge in [0.1, 0.15) is 18.2 Å². The second kappa shape index (κ2) is 4.59. The van der Waals surface area contributed by atoms with Crippen molar-refractivity contribution >= 4 is 17.1 Å². The van der Waals surface area contributed by atoms with E-state index in [1.54, 1.807) is 0 Å². The van der Waals surface area contributed by atoms with Gasteiger partial charge in [0.2, 0.25) is 0 Å². The van der Waals surface area contributed by atoms with Gasteiger partial charge in [-0.1, -0.05) is 0 Å². The molecule has 0 saturated heterocycles. The normalized spacial score (nSPS) is 16.9. The molecule has 1 aromatic heterocycles. The number of benzene rings is 1. The van der Waals surface area contributed by atoms with Crippen molar-refractivity contribution in [2.75, 3.05) is 13.2 Å². The molecule has 0 N–H and O–H groups in total. The first-order valence-corrected chi connectivity index (χ1v) is 7.56. The Morgan fingerprint density at radius 1 is 1.10 bits per heavy atom. The van der Waals surface area contributed by atoms with Crippen LogP contribution in [0.2, 0.25) is 0 Å². The van der Waals surface area contributed by atoms with E-state index in [1.165, 1.54) is 11.3 Å². The number of hydrogen-bond acceptors (Lipinski definition) is 5. The number of aromatic nitrogens is 1. The Balaban J connectivity index is 1.76. The molecule has 2 aromatic rings. The number of carbonyl (C=O) groups is 1. The predicted octanol–water partition coefficient (Wildman–Crippen LogP) is 3.10. The molecular formula is C15H13NO3S. The number of ether oxygens (including phenoxy) is 2. The van der Waals surface area contributed by atoms with Crippen molar-refractivity contribution in [3.8, 4) is 22.1 Å². The monoisotopic (exact) mass is 287 g/mol. The van der Waals surface area contributed by atoms with Crippen molar-refractivity contribution in [2.45, 2.75) is 19.3 Å². The van der Waals surface area contributed by atoms with Gasteiger partial charge in [0.05, 0.1) is 10.6 Å². The second-order valence-corrected chi connectivity index (χ2v) is 5.93. The summed E-state index contributed by atoms with van der Waals surface area (Å²) in [5.74, 6) is 1.76. The summed E-state index contributed by atoms with van der Waals surface area (Å²) >= 11 is 1.49. The number of nitrogens with zero attached hydrogens (tertiary/aromatic N) is 1. The number of fused-ring (bicyclic) bond motifs is 2. The third kappa shape index (κ3) is 1.89. The maximum Gasteiger partial charge on any atom is 0.174 e. The van der Waals surface area contributed by atoms with Crippen molar-refractivity contribution in [1.82, 2.24) is 4.98 Å². The highest BCUT2D eigenvalue weighted by atomic mass is 32.1. The highest BCUT2D eigenvalue weighted by Gasteiger charge is 2.23. The number of ketones is 1. The van der Waals surface area contributed by atoms with Crippen LogP contribution < -0.4 is 9.47 Å². The maximum atomic E-state index is 11.9. The molecule has 102 valence electrons. The molecule has 5 heteroatoms. The molecule has 20 heavy (non-hydrogen) atoms. The van der Waals surface area contributed by atoms with Gasteiger partial charge >= 0.3 is 0 Å². The zero-order valence-electron chi connectivity index (χ0n) is 10.8. The number of thiazole rings is 1. The van der Waals surface area contributed by atoms with Crippen LogP contribution in [0.5, 0.6) is 11.5 Å². The predicted molar refractivity (Wildman–Crippen MR) is 75.8 cm³/mol. The number of aryl methyl sites for hydroxylation is 1. The Morgan fingerprint density at radius 3 is 2.80 bits per heavy atom. The molecule has 2 heterocycles. The van der Waals surface area contributed by atoms with E-state index in [0.29, 0.717) is 19.6 Å². The van der Waals surface area contributed by atoms with Crippen molar-refractivity contribution in [3.63, 3.8) is 0 Å². The third-order valence-electron chi connectivity index (χ3n) is 3.56. The Bertz CT molecular complexity index is 692. The van der Waals surface area contributed by atoms with E-state index in [9.17, 15) is 4.79 Å². The van der Waals surface area contributed by atoms with Gasteiger partial charge in [-0.25, -0.2) is 4.98 Å². The lowest BCUT2D eigenvalue weighted by Gasteiger charge is -2.18. The van der Waals surface area contributed by atoms with Crippen LogP contribution in [0.4, 0.5) is 0 Å². The lowest BCUT2D eigenvalue weighted by molar-refractivity contribution is 0.0976. The molecule has 0 saturated carbocycles. The molecule has 0 atom stereocenters. The van der Waals surface area contributed by atoms with Gasteiger partial charge in [0.25, 0.3) is 0 Å². The average molecular weight is 287 g/mol. The van der Waals surface area contributed by atoms with E-state index in [0.717, 1.165) is 45.5 Å². The van der Waals surface area contributed by atoms with E-state index in [1.807, 2.05) is 18.2 Å². The molecule has 0 amide bonds. The summed E-state index contributed by atoms with van der Waals surface area (Å²) in [5.41, 5.74) is 1.94. The molecule has 0 bridgehead atoms. The summed E-state index contributed by atoms with van der Waals surface area (Å²) in [6, 6.07) is 5.83. The van der Waals surface area contributed by atoms with Crippen LogP contribution in [0, 0.1) is 0 Å². The maximum absolute atomic E-state index is 11.9. The van der Waals surface area contributed by atoms with Crippen LogP contribution in [0.1, 0.15) is 28.2 Å². The van der Waals surface area contributed by atoms with E-state index < -0.39 is 0 Å². The Morgan fingerprint density at radius 2 is 1.95 bits per heavy atom. The molecule has 0 spiro atoms. The van der Waals surface area contributed by atoms with Crippen LogP contribution in [0.3, 0.4) is 0 Å². The number of rotatable bonds is 1. The Kier molecular flexibility index (Phi) is 2.73. The van der Waals surface area contributed by atoms with Gasteiger partial charge in [-0.2, -0.15) is 0 Å². The van der Waals surface area contributed by atoms with E-state index in [-0.39, 0.29) is 5.78 Å². The van der Waals surface area contributed by atoms with Gasteiger partial charge in [-0.15, -0.1) is 11.3 Å². The highest BCUT2D eigenvalue weighted by molar-refractivity contribution is 7.17. The smallest absolute Gasteiger partial charge is 0.174 e. The van der Waals surface area contributed by atoms with Gasteiger partial charge in [-0.05, 0) is 31.0 Å². The first-order chi connectivity index (χ1) is 9.81. The molecule has 4 nitrogen and oxygen atoms in total. The Labute approximate surface area is 120 Å². The standard InChI is InChI=1S/C15H13NO3S/c17-11-3-1-2-10-14(11)20-15(16-10)9-4-5-12-13(8-9)19-7-6-18-12/h4-5,8H,1-3,6-7H2. The topological polar surface area (TPSA) is 48.4 Å². The van der Waals surface area contributed by atoms with Crippen molar-refractivity contribution in [3.05, 3.63) is 28.8 Å². The summed E-state index contributed by atoms with van der Waals surface area (Å²) in [6.07, 6.45) is 2.47. The fourth-order valence-corrected chi connectivity index (χ4v) is 3.64. The average Bonchev–Trinajstić information content (AvgIpc) is 2.92. The van der Waals surface area contributed by atoms with Crippen LogP contribution in [0.15, 0.2) is 18.2 Å². The summed E-state index contributed by atoms with van der Waals surface area (Å²) < 4.78 is 11.1. The highest BCUT2D eigenvalue weighted by Crippen LogP contribution is 2.37. The largest absolute Gasteiger partial charge is 0.486 e. The summed E-state index contributed by atoms with van der Waals surface area (Å²) in [6.45, 7) is 1.16. The van der Waals surface area contributed by atoms with Crippen LogP contribution in [-0.2, 0) is 6.42 Å². The summed E-state index contributed by atoms with van der Waals surface area (Å²) in [7, 11) is 0. The minimum atomic E-state index is 0.229. The minimum Gasteiger partial charge on any atom is -0.486 e. The van der Waals surface area contributed by atoms with E-state index >= 15 is 0 Å². The second-order valence-electron chi connectivity index (χ2n) is 4.93. The zero-order valence-corrected chi connectivity index (χ0v) is 11.7. The number of carbonyl (C=O) groups excluding carboxylic acids is 1. The molecule has 0 unspecified atom stereocenters. The quantitative estimate of drug-likeness (QED) is 0.808. The molecule has 4 rings (SSSR count). The third-order valence-corrected chi connectivity index (χ3v) is 4.74. The van der Waals surface area contributed by atoms with Crippen LogP contribution >= 0.6 is 11.3 Å².